The maximum atomic E-state index is 5.12. The highest BCUT2D eigenvalue weighted by Gasteiger charge is 2.47. The van der Waals surface area contributed by atoms with Crippen LogP contribution < -0.4 is 5.32 Å². The third kappa shape index (κ3) is 1.83. The summed E-state index contributed by atoms with van der Waals surface area (Å²) in [6.45, 7) is 1.91. The van der Waals surface area contributed by atoms with E-state index in [0.29, 0.717) is 0 Å². The maximum Gasteiger partial charge on any atom is 0.0587 e. The molecule has 4 rings (SSSR count). The molecule has 4 aliphatic carbocycles. The van der Waals surface area contributed by atoms with Crippen molar-refractivity contribution >= 4 is 0 Å². The van der Waals surface area contributed by atoms with Gasteiger partial charge < -0.3 is 10.1 Å². The Hall–Kier alpha value is -0.0800. The molecule has 2 heteroatoms. The lowest BCUT2D eigenvalue weighted by Gasteiger charge is -2.54. The standard InChI is InChI=1S/C13H23NO/c1-15-3-2-14-13-11-5-9-4-10(7-11)8-12(13)6-9/h9-14H,2-8H2,1H3. The van der Waals surface area contributed by atoms with Gasteiger partial charge >= 0.3 is 0 Å². The molecule has 4 fully saturated rings. The van der Waals surface area contributed by atoms with Gasteiger partial charge in [-0.05, 0) is 55.8 Å². The molecule has 0 spiro atoms. The molecule has 0 heterocycles. The van der Waals surface area contributed by atoms with E-state index in [4.69, 9.17) is 4.74 Å². The predicted octanol–water partition coefficient (Wildman–Crippen LogP) is 2.05. The van der Waals surface area contributed by atoms with Gasteiger partial charge in [-0.2, -0.15) is 0 Å². The number of rotatable bonds is 4. The van der Waals surface area contributed by atoms with Gasteiger partial charge in [-0.1, -0.05) is 0 Å². The first-order valence-electron chi connectivity index (χ1n) is 6.59. The molecule has 0 unspecified atom stereocenters. The van der Waals surface area contributed by atoms with Crippen molar-refractivity contribution in [1.82, 2.24) is 5.32 Å². The molecule has 4 aliphatic rings. The molecular formula is C13H23NO. The fraction of sp³-hybridized carbons (Fsp3) is 1.00. The molecule has 4 saturated carbocycles. The summed E-state index contributed by atoms with van der Waals surface area (Å²) in [5.41, 5.74) is 0. The normalized spacial score (nSPS) is 47.4. The van der Waals surface area contributed by atoms with Crippen LogP contribution in [0.2, 0.25) is 0 Å². The third-order valence-corrected chi connectivity index (χ3v) is 4.91. The van der Waals surface area contributed by atoms with Crippen LogP contribution in [0.1, 0.15) is 32.1 Å². The molecule has 2 nitrogen and oxygen atoms in total. The van der Waals surface area contributed by atoms with Gasteiger partial charge in [0, 0.05) is 19.7 Å². The largest absolute Gasteiger partial charge is 0.383 e. The van der Waals surface area contributed by atoms with E-state index in [2.05, 4.69) is 5.32 Å². The van der Waals surface area contributed by atoms with Crippen LogP contribution in [0, 0.1) is 23.7 Å². The van der Waals surface area contributed by atoms with Crippen molar-refractivity contribution in [3.63, 3.8) is 0 Å². The molecule has 0 aromatic rings. The Morgan fingerprint density at radius 3 is 2.13 bits per heavy atom. The van der Waals surface area contributed by atoms with Gasteiger partial charge in [0.2, 0.25) is 0 Å². The van der Waals surface area contributed by atoms with Crippen molar-refractivity contribution in [2.75, 3.05) is 20.3 Å². The molecule has 0 aromatic carbocycles. The summed E-state index contributed by atoms with van der Waals surface area (Å²) in [5, 5.41) is 3.74. The summed E-state index contributed by atoms with van der Waals surface area (Å²) in [6.07, 6.45) is 7.60. The van der Waals surface area contributed by atoms with Crippen LogP contribution in [0.5, 0.6) is 0 Å². The van der Waals surface area contributed by atoms with Gasteiger partial charge in [0.1, 0.15) is 0 Å². The summed E-state index contributed by atoms with van der Waals surface area (Å²) >= 11 is 0. The van der Waals surface area contributed by atoms with Crippen LogP contribution in [0.25, 0.3) is 0 Å². The molecule has 4 bridgehead atoms. The second kappa shape index (κ2) is 4.06. The molecule has 1 N–H and O–H groups in total. The van der Waals surface area contributed by atoms with Gasteiger partial charge in [-0.25, -0.2) is 0 Å². The zero-order chi connectivity index (χ0) is 10.3. The summed E-state index contributed by atoms with van der Waals surface area (Å²) in [6, 6.07) is 0.827. The van der Waals surface area contributed by atoms with Crippen LogP contribution in [0.4, 0.5) is 0 Å². The monoisotopic (exact) mass is 209 g/mol. The molecule has 0 aromatic heterocycles. The zero-order valence-corrected chi connectivity index (χ0v) is 9.74. The minimum Gasteiger partial charge on any atom is -0.383 e. The van der Waals surface area contributed by atoms with Gasteiger partial charge in [-0.3, -0.25) is 0 Å². The van der Waals surface area contributed by atoms with Crippen molar-refractivity contribution in [3.05, 3.63) is 0 Å². The first-order chi connectivity index (χ1) is 7.36. The van der Waals surface area contributed by atoms with E-state index in [1.54, 1.807) is 13.5 Å². The van der Waals surface area contributed by atoms with E-state index in [1.165, 1.54) is 25.7 Å². The Morgan fingerprint density at radius 2 is 1.60 bits per heavy atom. The number of hydrogen-bond acceptors (Lipinski definition) is 2. The number of methoxy groups -OCH3 is 1. The van der Waals surface area contributed by atoms with Crippen LogP contribution in [0.15, 0.2) is 0 Å². The predicted molar refractivity (Wildman–Crippen MR) is 60.7 cm³/mol. The summed E-state index contributed by atoms with van der Waals surface area (Å²) < 4.78 is 5.12. The van der Waals surface area contributed by atoms with E-state index in [-0.39, 0.29) is 0 Å². The Kier molecular flexibility index (Phi) is 2.73. The molecule has 0 radical (unpaired) electrons. The van der Waals surface area contributed by atoms with Gasteiger partial charge in [0.15, 0.2) is 0 Å². The van der Waals surface area contributed by atoms with E-state index < -0.39 is 0 Å². The summed E-state index contributed by atoms with van der Waals surface area (Å²) in [7, 11) is 1.79. The van der Waals surface area contributed by atoms with Crippen molar-refractivity contribution in [1.29, 1.82) is 0 Å². The average molecular weight is 209 g/mol. The van der Waals surface area contributed by atoms with Crippen LogP contribution in [-0.4, -0.2) is 26.3 Å². The zero-order valence-electron chi connectivity index (χ0n) is 9.74. The lowest BCUT2D eigenvalue weighted by molar-refractivity contribution is -0.0152. The average Bonchev–Trinajstić information content (AvgIpc) is 2.21. The van der Waals surface area contributed by atoms with E-state index in [1.807, 2.05) is 0 Å². The minimum absolute atomic E-state index is 0.827. The highest BCUT2D eigenvalue weighted by atomic mass is 16.5. The molecular weight excluding hydrogens is 186 g/mol. The highest BCUT2D eigenvalue weighted by Crippen LogP contribution is 2.53. The fourth-order valence-electron chi connectivity index (χ4n) is 4.59. The van der Waals surface area contributed by atoms with E-state index in [9.17, 15) is 0 Å². The molecule has 0 amide bonds. The Balaban J connectivity index is 1.60. The van der Waals surface area contributed by atoms with E-state index in [0.717, 1.165) is 42.9 Å². The minimum atomic E-state index is 0.827. The maximum absolute atomic E-state index is 5.12. The lowest BCUT2D eigenvalue weighted by Crippen LogP contribution is -2.54. The second-order valence-electron chi connectivity index (χ2n) is 5.90. The van der Waals surface area contributed by atoms with Crippen molar-refractivity contribution in [2.45, 2.75) is 38.1 Å². The molecule has 86 valence electrons. The van der Waals surface area contributed by atoms with Crippen molar-refractivity contribution < 1.29 is 4.74 Å². The fourth-order valence-corrected chi connectivity index (χ4v) is 4.59. The number of ether oxygens (including phenoxy) is 1. The van der Waals surface area contributed by atoms with Gasteiger partial charge in [0.25, 0.3) is 0 Å². The van der Waals surface area contributed by atoms with Crippen molar-refractivity contribution in [3.8, 4) is 0 Å². The topological polar surface area (TPSA) is 21.3 Å². The van der Waals surface area contributed by atoms with Crippen molar-refractivity contribution in [2.24, 2.45) is 23.7 Å². The van der Waals surface area contributed by atoms with Crippen LogP contribution in [0.3, 0.4) is 0 Å². The first kappa shape index (κ1) is 10.1. The molecule has 15 heavy (non-hydrogen) atoms. The molecule has 0 saturated heterocycles. The van der Waals surface area contributed by atoms with Crippen LogP contribution in [-0.2, 0) is 4.74 Å². The van der Waals surface area contributed by atoms with Crippen LogP contribution >= 0.6 is 0 Å². The Morgan fingerprint density at radius 1 is 1.00 bits per heavy atom. The summed E-state index contributed by atoms with van der Waals surface area (Å²) in [5.74, 6) is 4.18. The van der Waals surface area contributed by atoms with Gasteiger partial charge in [0.05, 0.1) is 6.61 Å². The smallest absolute Gasteiger partial charge is 0.0587 e. The second-order valence-corrected chi connectivity index (χ2v) is 5.90. The SMILES string of the molecule is COCCNC1C2CC3CC(C2)CC1C3. The quantitative estimate of drug-likeness (QED) is 0.716. The highest BCUT2D eigenvalue weighted by molar-refractivity contribution is 5.01. The third-order valence-electron chi connectivity index (χ3n) is 4.91. The summed E-state index contributed by atoms with van der Waals surface area (Å²) in [4.78, 5) is 0. The molecule has 0 aliphatic heterocycles. The number of nitrogens with one attached hydrogen (secondary N) is 1. The van der Waals surface area contributed by atoms with Gasteiger partial charge in [-0.15, -0.1) is 0 Å². The number of hydrogen-bond donors (Lipinski definition) is 1. The Labute approximate surface area is 92.8 Å². The Bertz CT molecular complexity index is 201. The van der Waals surface area contributed by atoms with E-state index >= 15 is 0 Å². The molecule has 0 atom stereocenters. The first-order valence-corrected chi connectivity index (χ1v) is 6.59. The lowest BCUT2D eigenvalue weighted by atomic mass is 9.54.